The van der Waals surface area contributed by atoms with Crippen LogP contribution in [0.5, 0.6) is 0 Å². The smallest absolute Gasteiger partial charge is 0.0303 e. The third kappa shape index (κ3) is 4.26. The van der Waals surface area contributed by atoms with E-state index in [0.717, 1.165) is 0 Å². The second-order valence-electron chi connectivity index (χ2n) is 6.50. The number of nitrogens with zero attached hydrogens (tertiary/aromatic N) is 1. The van der Waals surface area contributed by atoms with Crippen LogP contribution in [0.4, 0.5) is 0 Å². The third-order valence-corrected chi connectivity index (χ3v) is 4.64. The summed E-state index contributed by atoms with van der Waals surface area (Å²) in [5.74, 6) is 0. The molecule has 0 aromatic carbocycles. The van der Waals surface area contributed by atoms with E-state index in [9.17, 15) is 0 Å². The lowest BCUT2D eigenvalue weighted by Crippen LogP contribution is -2.51. The molecule has 0 unspecified atom stereocenters. The van der Waals surface area contributed by atoms with Gasteiger partial charge in [-0.3, -0.25) is 0 Å². The largest absolute Gasteiger partial charge is 0.310 e. The SMILES string of the molecule is CCC(C)(C)CN1CCCNC(CC)(CC)C1. The first kappa shape index (κ1) is 15.0. The Morgan fingerprint density at radius 1 is 1.18 bits per heavy atom. The fourth-order valence-corrected chi connectivity index (χ4v) is 2.79. The third-order valence-electron chi connectivity index (χ3n) is 4.64. The quantitative estimate of drug-likeness (QED) is 0.793. The summed E-state index contributed by atoms with van der Waals surface area (Å²) in [5.41, 5.74) is 0.817. The van der Waals surface area contributed by atoms with Crippen molar-refractivity contribution in [2.24, 2.45) is 5.41 Å². The Morgan fingerprint density at radius 3 is 2.35 bits per heavy atom. The van der Waals surface area contributed by atoms with Crippen molar-refractivity contribution in [3.63, 3.8) is 0 Å². The minimum atomic E-state index is 0.361. The highest BCUT2D eigenvalue weighted by Gasteiger charge is 2.32. The fourth-order valence-electron chi connectivity index (χ4n) is 2.79. The van der Waals surface area contributed by atoms with E-state index in [1.54, 1.807) is 0 Å². The average molecular weight is 240 g/mol. The highest BCUT2D eigenvalue weighted by molar-refractivity contribution is 4.92. The molecule has 0 aromatic rings. The predicted molar refractivity (Wildman–Crippen MR) is 76.4 cm³/mol. The average Bonchev–Trinajstić information content (AvgIpc) is 2.51. The second-order valence-corrected chi connectivity index (χ2v) is 6.50. The molecule has 0 atom stereocenters. The molecule has 1 aliphatic rings. The van der Waals surface area contributed by atoms with Crippen LogP contribution in [0.25, 0.3) is 0 Å². The predicted octanol–water partition coefficient (Wildman–Crippen LogP) is 3.28. The van der Waals surface area contributed by atoms with Gasteiger partial charge in [0.15, 0.2) is 0 Å². The van der Waals surface area contributed by atoms with E-state index in [0.29, 0.717) is 11.0 Å². The van der Waals surface area contributed by atoms with Gasteiger partial charge in [-0.1, -0.05) is 34.6 Å². The van der Waals surface area contributed by atoms with Gasteiger partial charge >= 0.3 is 0 Å². The lowest BCUT2D eigenvalue weighted by atomic mass is 9.87. The van der Waals surface area contributed by atoms with Gasteiger partial charge in [0.2, 0.25) is 0 Å². The van der Waals surface area contributed by atoms with E-state index in [1.165, 1.54) is 51.9 Å². The van der Waals surface area contributed by atoms with Crippen molar-refractivity contribution in [1.29, 1.82) is 0 Å². The lowest BCUT2D eigenvalue weighted by Gasteiger charge is -2.38. The van der Waals surface area contributed by atoms with Crippen molar-refractivity contribution >= 4 is 0 Å². The first-order valence-electron chi connectivity index (χ1n) is 7.44. The van der Waals surface area contributed by atoms with Crippen LogP contribution in [0, 0.1) is 5.41 Å². The van der Waals surface area contributed by atoms with Crippen molar-refractivity contribution < 1.29 is 0 Å². The Kier molecular flexibility index (Phi) is 5.46. The molecule has 0 spiro atoms. The number of hydrogen-bond acceptors (Lipinski definition) is 2. The zero-order valence-corrected chi connectivity index (χ0v) is 12.6. The fraction of sp³-hybridized carbons (Fsp3) is 1.00. The normalized spacial score (nSPS) is 22.4. The maximum absolute atomic E-state index is 3.79. The molecule has 1 fully saturated rings. The Morgan fingerprint density at radius 2 is 1.82 bits per heavy atom. The van der Waals surface area contributed by atoms with E-state index >= 15 is 0 Å². The molecule has 0 aliphatic carbocycles. The molecule has 102 valence electrons. The van der Waals surface area contributed by atoms with E-state index in [-0.39, 0.29) is 0 Å². The van der Waals surface area contributed by atoms with Crippen molar-refractivity contribution in [2.75, 3.05) is 26.2 Å². The van der Waals surface area contributed by atoms with Crippen LogP contribution in [-0.2, 0) is 0 Å². The van der Waals surface area contributed by atoms with Crippen LogP contribution in [0.3, 0.4) is 0 Å². The van der Waals surface area contributed by atoms with Gasteiger partial charge in [-0.25, -0.2) is 0 Å². The highest BCUT2D eigenvalue weighted by atomic mass is 15.2. The van der Waals surface area contributed by atoms with Gasteiger partial charge in [-0.05, 0) is 44.2 Å². The molecule has 17 heavy (non-hydrogen) atoms. The second kappa shape index (κ2) is 6.19. The summed E-state index contributed by atoms with van der Waals surface area (Å²) in [6.07, 6.45) is 5.04. The summed E-state index contributed by atoms with van der Waals surface area (Å²) in [4.78, 5) is 2.69. The first-order valence-corrected chi connectivity index (χ1v) is 7.44. The summed E-state index contributed by atoms with van der Waals surface area (Å²) in [7, 11) is 0. The van der Waals surface area contributed by atoms with Crippen LogP contribution in [0.2, 0.25) is 0 Å². The molecule has 0 bridgehead atoms. The molecule has 0 saturated carbocycles. The lowest BCUT2D eigenvalue weighted by molar-refractivity contribution is 0.139. The van der Waals surface area contributed by atoms with Gasteiger partial charge in [0.25, 0.3) is 0 Å². The van der Waals surface area contributed by atoms with Crippen molar-refractivity contribution in [2.45, 2.75) is 65.8 Å². The summed E-state index contributed by atoms with van der Waals surface area (Å²) in [6, 6.07) is 0. The number of nitrogens with one attached hydrogen (secondary N) is 1. The standard InChI is InChI=1S/C15H32N2/c1-6-14(4,5)12-17-11-9-10-16-15(7-2,8-3)13-17/h16H,6-13H2,1-5H3. The summed E-state index contributed by atoms with van der Waals surface area (Å²) >= 11 is 0. The van der Waals surface area contributed by atoms with Gasteiger partial charge in [-0.2, -0.15) is 0 Å². The van der Waals surface area contributed by atoms with Crippen LogP contribution < -0.4 is 5.32 Å². The molecule has 2 nitrogen and oxygen atoms in total. The molecular weight excluding hydrogens is 208 g/mol. The van der Waals surface area contributed by atoms with E-state index in [1.807, 2.05) is 0 Å². The van der Waals surface area contributed by atoms with Crippen LogP contribution in [-0.4, -0.2) is 36.6 Å². The Balaban J connectivity index is 2.66. The van der Waals surface area contributed by atoms with Crippen molar-refractivity contribution in [3.8, 4) is 0 Å². The topological polar surface area (TPSA) is 15.3 Å². The molecule has 1 rings (SSSR count). The van der Waals surface area contributed by atoms with Crippen LogP contribution >= 0.6 is 0 Å². The molecule has 0 aromatic heterocycles. The van der Waals surface area contributed by atoms with Crippen LogP contribution in [0.15, 0.2) is 0 Å². The van der Waals surface area contributed by atoms with Crippen molar-refractivity contribution in [1.82, 2.24) is 10.2 Å². The Bertz CT molecular complexity index is 219. The van der Waals surface area contributed by atoms with Gasteiger partial charge in [0.05, 0.1) is 0 Å². The first-order chi connectivity index (χ1) is 7.97. The summed E-state index contributed by atoms with van der Waals surface area (Å²) in [5, 5.41) is 3.79. The van der Waals surface area contributed by atoms with Gasteiger partial charge in [0, 0.05) is 18.6 Å². The Labute approximate surface area is 108 Å². The summed E-state index contributed by atoms with van der Waals surface area (Å²) < 4.78 is 0. The maximum atomic E-state index is 3.79. The zero-order valence-electron chi connectivity index (χ0n) is 12.6. The van der Waals surface area contributed by atoms with E-state index in [4.69, 9.17) is 0 Å². The maximum Gasteiger partial charge on any atom is 0.0303 e. The van der Waals surface area contributed by atoms with Gasteiger partial charge < -0.3 is 10.2 Å². The molecule has 0 amide bonds. The highest BCUT2D eigenvalue weighted by Crippen LogP contribution is 2.25. The molecule has 0 radical (unpaired) electrons. The molecule has 1 saturated heterocycles. The summed E-state index contributed by atoms with van der Waals surface area (Å²) in [6.45, 7) is 16.7. The minimum absolute atomic E-state index is 0.361. The molecule has 1 heterocycles. The molecule has 2 heteroatoms. The zero-order chi connectivity index (χ0) is 12.9. The van der Waals surface area contributed by atoms with E-state index < -0.39 is 0 Å². The van der Waals surface area contributed by atoms with Gasteiger partial charge in [0.1, 0.15) is 0 Å². The molecule has 1 N–H and O–H groups in total. The number of rotatable bonds is 5. The van der Waals surface area contributed by atoms with Crippen molar-refractivity contribution in [3.05, 3.63) is 0 Å². The minimum Gasteiger partial charge on any atom is -0.310 e. The Hall–Kier alpha value is -0.0800. The number of hydrogen-bond donors (Lipinski definition) is 1. The molecular formula is C15H32N2. The van der Waals surface area contributed by atoms with E-state index in [2.05, 4.69) is 44.8 Å². The van der Waals surface area contributed by atoms with Gasteiger partial charge in [-0.15, -0.1) is 0 Å². The molecule has 1 aliphatic heterocycles. The monoisotopic (exact) mass is 240 g/mol. The van der Waals surface area contributed by atoms with Crippen LogP contribution in [0.1, 0.15) is 60.3 Å².